The van der Waals surface area contributed by atoms with Crippen LogP contribution in [-0.2, 0) is 6.54 Å². The van der Waals surface area contributed by atoms with Crippen LogP contribution in [0.15, 0.2) is 48.7 Å². The van der Waals surface area contributed by atoms with Crippen LogP contribution in [0.2, 0.25) is 0 Å². The van der Waals surface area contributed by atoms with Gasteiger partial charge >= 0.3 is 0 Å². The number of halogens is 1. The van der Waals surface area contributed by atoms with Crippen molar-refractivity contribution in [1.29, 1.82) is 0 Å². The van der Waals surface area contributed by atoms with Crippen LogP contribution in [0.3, 0.4) is 0 Å². The molecular formula is C18H13FN4O2S. The Morgan fingerprint density at radius 1 is 1.15 bits per heavy atom. The van der Waals surface area contributed by atoms with Gasteiger partial charge in [-0.3, -0.25) is 0 Å². The number of para-hydroxylation sites is 1. The lowest BCUT2D eigenvalue weighted by Gasteiger charge is -2.05. The first-order valence-corrected chi connectivity index (χ1v) is 8.81. The van der Waals surface area contributed by atoms with E-state index >= 15 is 0 Å². The number of aromatic nitrogens is 3. The molecule has 2 aromatic heterocycles. The third kappa shape index (κ3) is 2.64. The van der Waals surface area contributed by atoms with Crippen LogP contribution in [0.25, 0.3) is 16.2 Å². The zero-order valence-electron chi connectivity index (χ0n) is 13.5. The lowest BCUT2D eigenvalue weighted by Crippen LogP contribution is -2.01. The highest BCUT2D eigenvalue weighted by Crippen LogP contribution is 2.35. The Hall–Kier alpha value is -3.13. The summed E-state index contributed by atoms with van der Waals surface area (Å²) in [5.74, 6) is 1.28. The molecule has 0 unspecified atom stereocenters. The number of nitrogens with zero attached hydrogens (tertiary/aromatic N) is 3. The molecule has 0 saturated carbocycles. The Morgan fingerprint density at radius 2 is 2.04 bits per heavy atom. The molecule has 130 valence electrons. The van der Waals surface area contributed by atoms with E-state index in [1.54, 1.807) is 16.6 Å². The van der Waals surface area contributed by atoms with Crippen LogP contribution < -0.4 is 14.8 Å². The van der Waals surface area contributed by atoms with Gasteiger partial charge in [0.25, 0.3) is 0 Å². The first-order valence-electron chi connectivity index (χ1n) is 8.00. The maximum Gasteiger partial charge on any atom is 0.231 e. The Morgan fingerprint density at radius 3 is 2.88 bits per heavy atom. The van der Waals surface area contributed by atoms with Crippen LogP contribution in [0.1, 0.15) is 5.56 Å². The van der Waals surface area contributed by atoms with Gasteiger partial charge in [0, 0.05) is 17.7 Å². The molecule has 0 atom stereocenters. The number of hydrogen-bond donors (Lipinski definition) is 1. The van der Waals surface area contributed by atoms with E-state index in [9.17, 15) is 4.39 Å². The highest BCUT2D eigenvalue weighted by molar-refractivity contribution is 7.20. The normalized spacial score (nSPS) is 12.7. The van der Waals surface area contributed by atoms with Gasteiger partial charge in [0.2, 0.25) is 16.9 Å². The second-order valence-corrected chi connectivity index (χ2v) is 6.73. The number of anilines is 1. The molecule has 0 radical (unpaired) electrons. The molecule has 1 aliphatic heterocycles. The molecule has 0 fully saturated rings. The van der Waals surface area contributed by atoms with Crippen molar-refractivity contribution in [1.82, 2.24) is 14.6 Å². The highest BCUT2D eigenvalue weighted by atomic mass is 32.1. The molecule has 0 spiro atoms. The van der Waals surface area contributed by atoms with E-state index < -0.39 is 0 Å². The van der Waals surface area contributed by atoms with E-state index in [4.69, 9.17) is 9.47 Å². The monoisotopic (exact) mass is 368 g/mol. The van der Waals surface area contributed by atoms with Gasteiger partial charge in [-0.15, -0.1) is 5.10 Å². The van der Waals surface area contributed by atoms with Crippen LogP contribution >= 0.6 is 11.3 Å². The van der Waals surface area contributed by atoms with Crippen molar-refractivity contribution in [2.24, 2.45) is 0 Å². The summed E-state index contributed by atoms with van der Waals surface area (Å²) in [6.45, 7) is 0.831. The molecule has 1 N–H and O–H groups in total. The number of ether oxygens (including phenoxy) is 2. The van der Waals surface area contributed by atoms with Gasteiger partial charge < -0.3 is 14.8 Å². The van der Waals surface area contributed by atoms with Crippen LogP contribution in [0.4, 0.5) is 9.52 Å². The Bertz CT molecular complexity index is 1060. The summed E-state index contributed by atoms with van der Waals surface area (Å²) in [5, 5.41) is 8.55. The second kappa shape index (κ2) is 5.99. The third-order valence-electron chi connectivity index (χ3n) is 4.09. The first kappa shape index (κ1) is 15.2. The van der Waals surface area contributed by atoms with E-state index in [2.05, 4.69) is 15.4 Å². The molecule has 2 aromatic carbocycles. The third-order valence-corrected chi connectivity index (χ3v) is 4.97. The number of imidazole rings is 1. The summed E-state index contributed by atoms with van der Waals surface area (Å²) in [4.78, 5) is 5.33. The summed E-state index contributed by atoms with van der Waals surface area (Å²) in [6, 6.07) is 12.1. The molecule has 8 heteroatoms. The minimum Gasteiger partial charge on any atom is -0.454 e. The van der Waals surface area contributed by atoms with E-state index in [0.29, 0.717) is 6.54 Å². The summed E-state index contributed by atoms with van der Waals surface area (Å²) < 4.78 is 25.7. The van der Waals surface area contributed by atoms with Crippen LogP contribution in [0, 0.1) is 5.82 Å². The Balaban J connectivity index is 1.35. The van der Waals surface area contributed by atoms with Gasteiger partial charge in [0.05, 0.1) is 11.9 Å². The summed E-state index contributed by atoms with van der Waals surface area (Å²) in [7, 11) is 0. The second-order valence-electron chi connectivity index (χ2n) is 5.77. The lowest BCUT2D eigenvalue weighted by molar-refractivity contribution is 0.173. The van der Waals surface area contributed by atoms with Crippen molar-refractivity contribution in [2.75, 3.05) is 12.1 Å². The van der Waals surface area contributed by atoms with E-state index in [-0.39, 0.29) is 12.6 Å². The fraction of sp³-hybridized carbons (Fsp3) is 0.111. The topological polar surface area (TPSA) is 60.7 Å². The fourth-order valence-corrected chi connectivity index (χ4v) is 3.61. The molecular weight excluding hydrogens is 355 g/mol. The molecule has 3 heterocycles. The van der Waals surface area contributed by atoms with Crippen molar-refractivity contribution >= 4 is 21.4 Å². The SMILES string of the molecule is Fc1ccc(-c2cn3nc(NCc4cccc5c4OCO5)sc3n2)cc1. The zero-order chi connectivity index (χ0) is 17.5. The maximum absolute atomic E-state index is 13.0. The van der Waals surface area contributed by atoms with Crippen molar-refractivity contribution in [3.05, 3.63) is 60.0 Å². The number of rotatable bonds is 4. The number of hydrogen-bond acceptors (Lipinski definition) is 6. The minimum atomic E-state index is -0.263. The summed E-state index contributed by atoms with van der Waals surface area (Å²) >= 11 is 1.45. The molecule has 5 rings (SSSR count). The van der Waals surface area contributed by atoms with E-state index in [0.717, 1.165) is 38.4 Å². The minimum absolute atomic E-state index is 0.254. The fourth-order valence-electron chi connectivity index (χ4n) is 2.83. The van der Waals surface area contributed by atoms with E-state index in [1.165, 1.54) is 23.5 Å². The van der Waals surface area contributed by atoms with Crippen molar-refractivity contribution in [3.63, 3.8) is 0 Å². The first-order chi connectivity index (χ1) is 12.8. The predicted molar refractivity (Wildman–Crippen MR) is 96.1 cm³/mol. The van der Waals surface area contributed by atoms with Gasteiger partial charge in [0.1, 0.15) is 5.82 Å². The molecule has 6 nitrogen and oxygen atoms in total. The smallest absolute Gasteiger partial charge is 0.231 e. The van der Waals surface area contributed by atoms with E-state index in [1.807, 2.05) is 24.4 Å². The predicted octanol–water partition coefficient (Wildman–Crippen LogP) is 3.94. The highest BCUT2D eigenvalue weighted by Gasteiger charge is 2.17. The average Bonchev–Trinajstić information content (AvgIpc) is 3.35. The molecule has 0 amide bonds. The summed E-state index contributed by atoms with van der Waals surface area (Å²) in [6.07, 6.45) is 1.83. The number of nitrogens with one attached hydrogen (secondary N) is 1. The Kier molecular flexibility index (Phi) is 3.49. The maximum atomic E-state index is 13.0. The molecule has 1 aliphatic rings. The van der Waals surface area contributed by atoms with Gasteiger partial charge in [-0.25, -0.2) is 13.9 Å². The lowest BCUT2D eigenvalue weighted by atomic mass is 10.2. The van der Waals surface area contributed by atoms with Gasteiger partial charge in [-0.1, -0.05) is 23.5 Å². The quantitative estimate of drug-likeness (QED) is 0.591. The summed E-state index contributed by atoms with van der Waals surface area (Å²) in [5.41, 5.74) is 2.64. The Labute approximate surface area is 151 Å². The zero-order valence-corrected chi connectivity index (χ0v) is 14.3. The van der Waals surface area contributed by atoms with Crippen molar-refractivity contribution in [2.45, 2.75) is 6.54 Å². The molecule has 26 heavy (non-hydrogen) atoms. The number of benzene rings is 2. The largest absolute Gasteiger partial charge is 0.454 e. The van der Waals surface area contributed by atoms with Crippen LogP contribution in [-0.4, -0.2) is 21.4 Å². The molecule has 0 aliphatic carbocycles. The van der Waals surface area contributed by atoms with Gasteiger partial charge in [-0.2, -0.15) is 0 Å². The number of fused-ring (bicyclic) bond motifs is 2. The average molecular weight is 368 g/mol. The molecule has 0 saturated heterocycles. The van der Waals surface area contributed by atoms with Crippen molar-refractivity contribution < 1.29 is 13.9 Å². The standard InChI is InChI=1S/C18H13FN4O2S/c19-13-6-4-11(5-7-13)14-9-23-18(21-14)26-17(22-23)20-8-12-2-1-3-15-16(12)25-10-24-15/h1-7,9H,8,10H2,(H,20,22). The van der Waals surface area contributed by atoms with Crippen LogP contribution in [0.5, 0.6) is 11.5 Å². The molecule has 0 bridgehead atoms. The van der Waals surface area contributed by atoms with Gasteiger partial charge in [-0.05, 0) is 30.3 Å². The van der Waals surface area contributed by atoms with Crippen molar-refractivity contribution in [3.8, 4) is 22.8 Å². The van der Waals surface area contributed by atoms with Gasteiger partial charge in [0.15, 0.2) is 11.5 Å². The molecule has 4 aromatic rings.